The molecule has 1 fully saturated rings. The molecule has 0 bridgehead atoms. The zero-order chi connectivity index (χ0) is 11.5. The van der Waals surface area contributed by atoms with E-state index in [1.54, 1.807) is 12.1 Å². The third kappa shape index (κ3) is 2.38. The van der Waals surface area contributed by atoms with E-state index in [9.17, 15) is 13.4 Å². The quantitative estimate of drug-likeness (QED) is 0.795. The fourth-order valence-corrected chi connectivity index (χ4v) is 3.51. The molecule has 1 aliphatic rings. The Hall–Kier alpha value is -1.03. The van der Waals surface area contributed by atoms with Crippen LogP contribution in [0.4, 0.5) is 4.39 Å². The summed E-state index contributed by atoms with van der Waals surface area (Å²) in [5.74, 6) is -0.306. The number of benzene rings is 1. The van der Waals surface area contributed by atoms with E-state index in [4.69, 9.17) is 0 Å². The SMILES string of the molecule is O=C1CCCC(S(=O)c2ccccc2F)C1. The van der Waals surface area contributed by atoms with Gasteiger partial charge < -0.3 is 0 Å². The lowest BCUT2D eigenvalue weighted by Crippen LogP contribution is -2.24. The van der Waals surface area contributed by atoms with Gasteiger partial charge >= 0.3 is 0 Å². The molecule has 2 nitrogen and oxygen atoms in total. The van der Waals surface area contributed by atoms with Gasteiger partial charge in [-0.15, -0.1) is 0 Å². The van der Waals surface area contributed by atoms with E-state index in [0.717, 1.165) is 12.8 Å². The standard InChI is InChI=1S/C12H13FO2S/c13-11-6-1-2-7-12(11)16(15)10-5-3-4-9(14)8-10/h1-2,6-7,10H,3-5,8H2. The predicted molar refractivity (Wildman–Crippen MR) is 60.1 cm³/mol. The molecule has 0 spiro atoms. The van der Waals surface area contributed by atoms with Crippen molar-refractivity contribution in [3.8, 4) is 0 Å². The highest BCUT2D eigenvalue weighted by Gasteiger charge is 2.26. The number of carbonyl (C=O) groups is 1. The minimum Gasteiger partial charge on any atom is -0.300 e. The Kier molecular flexibility index (Phi) is 3.49. The van der Waals surface area contributed by atoms with E-state index in [1.807, 2.05) is 0 Å². The van der Waals surface area contributed by atoms with Crippen LogP contribution in [-0.2, 0) is 15.6 Å². The lowest BCUT2D eigenvalue weighted by Gasteiger charge is -2.20. The number of ketones is 1. The topological polar surface area (TPSA) is 34.1 Å². The first-order valence-corrected chi connectivity index (χ1v) is 6.56. The molecule has 1 aliphatic carbocycles. The van der Waals surface area contributed by atoms with Crippen molar-refractivity contribution < 1.29 is 13.4 Å². The van der Waals surface area contributed by atoms with Gasteiger partial charge in [0.15, 0.2) is 0 Å². The lowest BCUT2D eigenvalue weighted by atomic mass is 9.99. The number of hydrogen-bond acceptors (Lipinski definition) is 2. The monoisotopic (exact) mass is 240 g/mol. The summed E-state index contributed by atoms with van der Waals surface area (Å²) in [7, 11) is -1.40. The number of halogens is 1. The smallest absolute Gasteiger partial charge is 0.139 e. The molecule has 2 unspecified atom stereocenters. The van der Waals surface area contributed by atoms with Gasteiger partial charge in [-0.1, -0.05) is 12.1 Å². The van der Waals surface area contributed by atoms with E-state index in [-0.39, 0.29) is 15.9 Å². The van der Waals surface area contributed by atoms with E-state index in [0.29, 0.717) is 12.8 Å². The van der Waals surface area contributed by atoms with Crippen molar-refractivity contribution in [3.63, 3.8) is 0 Å². The first kappa shape index (κ1) is 11.5. The molecule has 0 aromatic heterocycles. The van der Waals surface area contributed by atoms with E-state index in [1.165, 1.54) is 12.1 Å². The summed E-state index contributed by atoms with van der Waals surface area (Å²) in [6.45, 7) is 0. The van der Waals surface area contributed by atoms with E-state index >= 15 is 0 Å². The molecule has 1 saturated carbocycles. The van der Waals surface area contributed by atoms with Gasteiger partial charge in [0.05, 0.1) is 15.7 Å². The number of hydrogen-bond donors (Lipinski definition) is 0. The van der Waals surface area contributed by atoms with E-state index in [2.05, 4.69) is 0 Å². The molecule has 1 aromatic rings. The Bertz CT molecular complexity index is 431. The van der Waals surface area contributed by atoms with Crippen molar-refractivity contribution in [3.05, 3.63) is 30.1 Å². The summed E-state index contributed by atoms with van der Waals surface area (Å²) >= 11 is 0. The minimum absolute atomic E-state index is 0.140. The van der Waals surface area contributed by atoms with Crippen molar-refractivity contribution >= 4 is 16.6 Å². The molecular weight excluding hydrogens is 227 g/mol. The maximum atomic E-state index is 13.4. The Morgan fingerprint density at radius 2 is 2.06 bits per heavy atom. The molecule has 86 valence electrons. The van der Waals surface area contributed by atoms with Crippen LogP contribution in [0.2, 0.25) is 0 Å². The van der Waals surface area contributed by atoms with Crippen molar-refractivity contribution in [2.45, 2.75) is 35.8 Å². The average Bonchev–Trinajstić information content (AvgIpc) is 2.29. The summed E-state index contributed by atoms with van der Waals surface area (Å²) in [4.78, 5) is 11.5. The fourth-order valence-electron chi connectivity index (χ4n) is 1.96. The second-order valence-corrected chi connectivity index (χ2v) is 5.69. The summed E-state index contributed by atoms with van der Waals surface area (Å²) in [6.07, 6.45) is 2.41. The van der Waals surface area contributed by atoms with Crippen LogP contribution in [0.5, 0.6) is 0 Å². The van der Waals surface area contributed by atoms with Crippen LogP contribution >= 0.6 is 0 Å². The molecule has 0 saturated heterocycles. The molecule has 0 N–H and O–H groups in total. The van der Waals surface area contributed by atoms with Crippen LogP contribution < -0.4 is 0 Å². The third-order valence-corrected chi connectivity index (χ3v) is 4.57. The molecule has 0 radical (unpaired) electrons. The summed E-state index contributed by atoms with van der Waals surface area (Å²) in [6, 6.07) is 6.07. The average molecular weight is 240 g/mol. The highest BCUT2D eigenvalue weighted by molar-refractivity contribution is 7.85. The van der Waals surface area contributed by atoms with E-state index < -0.39 is 16.6 Å². The van der Waals surface area contributed by atoms with Crippen molar-refractivity contribution in [2.75, 3.05) is 0 Å². The Balaban J connectivity index is 2.19. The van der Waals surface area contributed by atoms with Gasteiger partial charge in [-0.25, -0.2) is 4.39 Å². The summed E-state index contributed by atoms with van der Waals surface area (Å²) < 4.78 is 25.5. The van der Waals surface area contributed by atoms with Gasteiger partial charge in [0, 0.05) is 18.1 Å². The van der Waals surface area contributed by atoms with Gasteiger partial charge in [0.25, 0.3) is 0 Å². The van der Waals surface area contributed by atoms with Crippen LogP contribution in [0.1, 0.15) is 25.7 Å². The van der Waals surface area contributed by atoms with Gasteiger partial charge in [-0.3, -0.25) is 9.00 Å². The van der Waals surface area contributed by atoms with Gasteiger partial charge in [-0.05, 0) is 25.0 Å². The highest BCUT2D eigenvalue weighted by atomic mass is 32.2. The molecular formula is C12H13FO2S. The van der Waals surface area contributed by atoms with Gasteiger partial charge in [0.2, 0.25) is 0 Å². The number of carbonyl (C=O) groups excluding carboxylic acids is 1. The number of rotatable bonds is 2. The van der Waals surface area contributed by atoms with Crippen LogP contribution in [0.25, 0.3) is 0 Å². The van der Waals surface area contributed by atoms with Crippen LogP contribution in [-0.4, -0.2) is 15.2 Å². The zero-order valence-corrected chi connectivity index (χ0v) is 9.63. The van der Waals surface area contributed by atoms with Crippen LogP contribution in [0.3, 0.4) is 0 Å². The van der Waals surface area contributed by atoms with Crippen molar-refractivity contribution in [2.24, 2.45) is 0 Å². The highest BCUT2D eigenvalue weighted by Crippen LogP contribution is 2.25. The molecule has 0 amide bonds. The fraction of sp³-hybridized carbons (Fsp3) is 0.417. The Morgan fingerprint density at radius 3 is 2.75 bits per heavy atom. The molecule has 4 heteroatoms. The predicted octanol–water partition coefficient (Wildman–Crippen LogP) is 2.45. The molecule has 16 heavy (non-hydrogen) atoms. The lowest BCUT2D eigenvalue weighted by molar-refractivity contribution is -0.120. The summed E-state index contributed by atoms with van der Waals surface area (Å²) in [5, 5.41) is -0.210. The maximum absolute atomic E-state index is 13.4. The molecule has 2 atom stereocenters. The van der Waals surface area contributed by atoms with Crippen molar-refractivity contribution in [1.82, 2.24) is 0 Å². The molecule has 0 aliphatic heterocycles. The molecule has 1 aromatic carbocycles. The van der Waals surface area contributed by atoms with Gasteiger partial charge in [-0.2, -0.15) is 0 Å². The third-order valence-electron chi connectivity index (χ3n) is 2.79. The van der Waals surface area contributed by atoms with Crippen LogP contribution in [0.15, 0.2) is 29.2 Å². The molecule has 0 heterocycles. The maximum Gasteiger partial charge on any atom is 0.139 e. The second kappa shape index (κ2) is 4.87. The Labute approximate surface area is 96.3 Å². The summed E-state index contributed by atoms with van der Waals surface area (Å²) in [5.41, 5.74) is 0. The first-order valence-electron chi connectivity index (χ1n) is 5.35. The minimum atomic E-state index is -1.40. The van der Waals surface area contributed by atoms with Gasteiger partial charge in [0.1, 0.15) is 11.6 Å². The zero-order valence-electron chi connectivity index (χ0n) is 8.82. The van der Waals surface area contributed by atoms with Crippen LogP contribution in [0, 0.1) is 5.82 Å². The second-order valence-electron chi connectivity index (χ2n) is 3.98. The normalized spacial score (nSPS) is 23.1. The van der Waals surface area contributed by atoms with Crippen molar-refractivity contribution in [1.29, 1.82) is 0 Å². The first-order chi connectivity index (χ1) is 7.68. The Morgan fingerprint density at radius 1 is 1.31 bits per heavy atom. The largest absolute Gasteiger partial charge is 0.300 e. The number of Topliss-reactive ketones (excluding diaryl/α,β-unsaturated/α-hetero) is 1. The molecule has 2 rings (SSSR count).